The molecule has 3 N–H and O–H groups in total. The summed E-state index contributed by atoms with van der Waals surface area (Å²) in [7, 11) is 5.84. The molecule has 3 atom stereocenters. The van der Waals surface area contributed by atoms with Crippen LogP contribution in [-0.4, -0.2) is 86.3 Å². The average Bonchev–Trinajstić information content (AvgIpc) is 2.76. The molecule has 1 aliphatic heterocycles. The molecule has 0 saturated heterocycles. The number of ether oxygens (including phenoxy) is 1. The Labute approximate surface area is 185 Å². The quantitative estimate of drug-likeness (QED) is 0.543. The summed E-state index contributed by atoms with van der Waals surface area (Å²) in [4.78, 5) is 29.2. The van der Waals surface area contributed by atoms with Gasteiger partial charge in [-0.1, -0.05) is 6.92 Å². The van der Waals surface area contributed by atoms with Gasteiger partial charge in [0.05, 0.1) is 19.1 Å². The highest BCUT2D eigenvalue weighted by molar-refractivity contribution is 5.91. The van der Waals surface area contributed by atoms with E-state index >= 15 is 0 Å². The van der Waals surface area contributed by atoms with E-state index in [4.69, 9.17) is 4.74 Å². The van der Waals surface area contributed by atoms with Crippen molar-refractivity contribution in [1.29, 1.82) is 0 Å². The summed E-state index contributed by atoms with van der Waals surface area (Å²) in [5.74, 6) is 0.629. The number of aliphatic hydroxyl groups excluding tert-OH is 1. The van der Waals surface area contributed by atoms with Crippen LogP contribution in [0.25, 0.3) is 0 Å². The van der Waals surface area contributed by atoms with E-state index < -0.39 is 0 Å². The van der Waals surface area contributed by atoms with Gasteiger partial charge in [0.2, 0.25) is 11.8 Å². The van der Waals surface area contributed by atoms with Crippen LogP contribution in [0, 0.1) is 5.92 Å². The number of hydrogen-bond donors (Lipinski definition) is 3. The zero-order chi connectivity index (χ0) is 23.0. The highest BCUT2D eigenvalue weighted by Crippen LogP contribution is 2.29. The van der Waals surface area contributed by atoms with Gasteiger partial charge in [-0.3, -0.25) is 9.59 Å². The summed E-state index contributed by atoms with van der Waals surface area (Å²) < 4.78 is 6.31. The van der Waals surface area contributed by atoms with Crippen molar-refractivity contribution < 1.29 is 19.4 Å². The van der Waals surface area contributed by atoms with Crippen LogP contribution in [0.5, 0.6) is 5.75 Å². The van der Waals surface area contributed by atoms with Crippen LogP contribution in [0.15, 0.2) is 18.2 Å². The Morgan fingerprint density at radius 2 is 2.13 bits per heavy atom. The van der Waals surface area contributed by atoms with Crippen molar-refractivity contribution in [2.24, 2.45) is 5.92 Å². The molecule has 8 heteroatoms. The van der Waals surface area contributed by atoms with Crippen molar-refractivity contribution in [3.8, 4) is 5.75 Å². The Kier molecular flexibility index (Phi) is 9.74. The van der Waals surface area contributed by atoms with Gasteiger partial charge in [0.25, 0.3) is 0 Å². The molecule has 0 unspecified atom stereocenters. The molecule has 0 fully saturated rings. The number of fused-ring (bicyclic) bond motifs is 1. The molecule has 31 heavy (non-hydrogen) atoms. The SMILES string of the molecule is CNC[C@H]1Oc2ccc(NC(=O)CCCN(C)C)cc2CC(=O)N([C@H](C)CO)C[C@@H]1C. The molecule has 0 spiro atoms. The van der Waals surface area contributed by atoms with Crippen LogP contribution in [0.2, 0.25) is 0 Å². The number of rotatable bonds is 9. The van der Waals surface area contributed by atoms with E-state index in [0.717, 1.165) is 18.5 Å². The van der Waals surface area contributed by atoms with Gasteiger partial charge in [-0.25, -0.2) is 0 Å². The number of aliphatic hydroxyl groups is 1. The van der Waals surface area contributed by atoms with Gasteiger partial charge in [-0.15, -0.1) is 0 Å². The predicted octanol–water partition coefficient (Wildman–Crippen LogP) is 1.34. The third-order valence-electron chi connectivity index (χ3n) is 5.61. The number of carbonyl (C=O) groups is 2. The number of amides is 2. The summed E-state index contributed by atoms with van der Waals surface area (Å²) in [6.45, 7) is 5.81. The van der Waals surface area contributed by atoms with E-state index in [1.165, 1.54) is 0 Å². The first-order chi connectivity index (χ1) is 14.7. The van der Waals surface area contributed by atoms with Crippen LogP contribution in [0.4, 0.5) is 5.69 Å². The summed E-state index contributed by atoms with van der Waals surface area (Å²) in [6.07, 6.45) is 1.25. The Balaban J connectivity index is 2.25. The van der Waals surface area contributed by atoms with E-state index in [-0.39, 0.29) is 42.9 Å². The lowest BCUT2D eigenvalue weighted by Crippen LogP contribution is -2.47. The fraction of sp³-hybridized carbons (Fsp3) is 0.652. The van der Waals surface area contributed by atoms with Crippen LogP contribution < -0.4 is 15.4 Å². The molecule has 1 aromatic rings. The summed E-state index contributed by atoms with van der Waals surface area (Å²) in [5, 5.41) is 15.7. The summed E-state index contributed by atoms with van der Waals surface area (Å²) >= 11 is 0. The molecule has 0 saturated carbocycles. The topological polar surface area (TPSA) is 94.1 Å². The van der Waals surface area contributed by atoms with Gasteiger partial charge in [-0.05, 0) is 59.2 Å². The third kappa shape index (κ3) is 7.48. The van der Waals surface area contributed by atoms with Crippen molar-refractivity contribution in [3.63, 3.8) is 0 Å². The second-order valence-corrected chi connectivity index (χ2v) is 8.72. The first-order valence-corrected chi connectivity index (χ1v) is 11.0. The molecule has 0 radical (unpaired) electrons. The third-order valence-corrected chi connectivity index (χ3v) is 5.61. The summed E-state index contributed by atoms with van der Waals surface area (Å²) in [6, 6.07) is 5.20. The highest BCUT2D eigenvalue weighted by atomic mass is 16.5. The van der Waals surface area contributed by atoms with Crippen LogP contribution in [0.1, 0.15) is 32.3 Å². The van der Waals surface area contributed by atoms with E-state index in [2.05, 4.69) is 17.6 Å². The minimum atomic E-state index is -0.272. The molecule has 8 nitrogen and oxygen atoms in total. The van der Waals surface area contributed by atoms with Crippen molar-refractivity contribution in [2.45, 2.75) is 45.3 Å². The first-order valence-electron chi connectivity index (χ1n) is 11.0. The number of nitrogens with zero attached hydrogens (tertiary/aromatic N) is 2. The number of likely N-dealkylation sites (N-methyl/N-ethyl adjacent to an activating group) is 1. The average molecular weight is 435 g/mol. The van der Waals surface area contributed by atoms with E-state index in [9.17, 15) is 14.7 Å². The lowest BCUT2D eigenvalue weighted by Gasteiger charge is -2.32. The fourth-order valence-corrected chi connectivity index (χ4v) is 3.73. The molecule has 1 aromatic carbocycles. The first kappa shape index (κ1) is 25.1. The lowest BCUT2D eigenvalue weighted by molar-refractivity contribution is -0.134. The lowest BCUT2D eigenvalue weighted by atomic mass is 10.0. The van der Waals surface area contributed by atoms with Crippen molar-refractivity contribution in [3.05, 3.63) is 23.8 Å². The number of carbonyl (C=O) groups excluding carboxylic acids is 2. The normalized spacial score (nSPS) is 20.4. The van der Waals surface area contributed by atoms with Gasteiger partial charge in [0.1, 0.15) is 11.9 Å². The molecule has 1 aliphatic rings. The minimum absolute atomic E-state index is 0.0469. The largest absolute Gasteiger partial charge is 0.488 e. The molecule has 2 amide bonds. The Hall–Kier alpha value is -2.16. The number of nitrogens with one attached hydrogen (secondary N) is 2. The van der Waals surface area contributed by atoms with Crippen LogP contribution >= 0.6 is 0 Å². The molecular weight excluding hydrogens is 396 g/mol. The van der Waals surface area contributed by atoms with Gasteiger partial charge < -0.3 is 30.3 Å². The Morgan fingerprint density at radius 1 is 1.39 bits per heavy atom. The maximum atomic E-state index is 13.1. The fourth-order valence-electron chi connectivity index (χ4n) is 3.73. The van der Waals surface area contributed by atoms with E-state index in [1.54, 1.807) is 4.90 Å². The number of hydrogen-bond acceptors (Lipinski definition) is 6. The minimum Gasteiger partial charge on any atom is -0.488 e. The maximum absolute atomic E-state index is 13.1. The van der Waals surface area contributed by atoms with Crippen LogP contribution in [-0.2, 0) is 16.0 Å². The van der Waals surface area contributed by atoms with Gasteiger partial charge >= 0.3 is 0 Å². The van der Waals surface area contributed by atoms with Crippen molar-refractivity contribution in [1.82, 2.24) is 15.1 Å². The monoisotopic (exact) mass is 434 g/mol. The number of anilines is 1. The smallest absolute Gasteiger partial charge is 0.227 e. The van der Waals surface area contributed by atoms with E-state index in [1.807, 2.05) is 51.2 Å². The molecule has 2 rings (SSSR count). The predicted molar refractivity (Wildman–Crippen MR) is 122 cm³/mol. The van der Waals surface area contributed by atoms with Crippen LogP contribution in [0.3, 0.4) is 0 Å². The molecule has 1 heterocycles. The zero-order valence-corrected chi connectivity index (χ0v) is 19.5. The highest BCUT2D eigenvalue weighted by Gasteiger charge is 2.30. The van der Waals surface area contributed by atoms with Gasteiger partial charge in [0, 0.05) is 36.7 Å². The molecular formula is C23H38N4O4. The van der Waals surface area contributed by atoms with Crippen molar-refractivity contribution in [2.75, 3.05) is 52.7 Å². The summed E-state index contributed by atoms with van der Waals surface area (Å²) in [5.41, 5.74) is 1.39. The Morgan fingerprint density at radius 3 is 2.77 bits per heavy atom. The maximum Gasteiger partial charge on any atom is 0.227 e. The molecule has 0 bridgehead atoms. The number of benzene rings is 1. The van der Waals surface area contributed by atoms with Gasteiger partial charge in [0.15, 0.2) is 0 Å². The Bertz CT molecular complexity index is 740. The molecule has 174 valence electrons. The van der Waals surface area contributed by atoms with Crippen molar-refractivity contribution >= 4 is 17.5 Å². The second-order valence-electron chi connectivity index (χ2n) is 8.72. The zero-order valence-electron chi connectivity index (χ0n) is 19.5. The standard InChI is InChI=1S/C23H38N4O4/c1-16-14-27(17(2)15-28)23(30)12-18-11-19(25-22(29)7-6-10-26(4)5)8-9-20(18)31-21(16)13-24-3/h8-9,11,16-17,21,24,28H,6-7,10,12-15H2,1-5H3,(H,25,29)/t16-,17+,21+/m0/s1. The molecule has 0 aliphatic carbocycles. The van der Waals surface area contributed by atoms with Gasteiger partial charge in [-0.2, -0.15) is 0 Å². The second kappa shape index (κ2) is 12.0. The van der Waals surface area contributed by atoms with E-state index in [0.29, 0.717) is 30.9 Å². The molecule has 0 aromatic heterocycles.